The highest BCUT2D eigenvalue weighted by molar-refractivity contribution is 7.90. The third kappa shape index (κ3) is 4.16. The largest absolute Gasteiger partial charge is 0.486 e. The third-order valence-corrected chi connectivity index (χ3v) is 5.41. The van der Waals surface area contributed by atoms with Crippen LogP contribution in [0, 0.1) is 5.82 Å². The lowest BCUT2D eigenvalue weighted by atomic mass is 10.2. The van der Waals surface area contributed by atoms with Crippen molar-refractivity contribution in [3.8, 4) is 11.5 Å². The highest BCUT2D eigenvalue weighted by Crippen LogP contribution is 2.37. The summed E-state index contributed by atoms with van der Waals surface area (Å²) in [6.45, 7) is 4.43. The van der Waals surface area contributed by atoms with Crippen LogP contribution in [0.25, 0.3) is 0 Å². The lowest BCUT2D eigenvalue weighted by molar-refractivity contribution is 0.0533. The molecule has 0 fully saturated rings. The SMILES string of the molecule is CCN(Cc1ccccc1)C[C@H]1COc2ccc(S(C)(=O)=O)c(F)c2O1. The molecule has 0 aliphatic carbocycles. The number of likely N-dealkylation sites (N-methyl/N-ethyl adjacent to an activating group) is 1. The second-order valence-corrected chi connectivity index (χ2v) is 8.33. The topological polar surface area (TPSA) is 55.8 Å². The molecule has 1 atom stereocenters. The smallest absolute Gasteiger partial charge is 0.198 e. The van der Waals surface area contributed by atoms with Gasteiger partial charge in [-0.1, -0.05) is 37.3 Å². The molecule has 1 aliphatic rings. The Kier molecular flexibility index (Phi) is 5.48. The number of rotatable bonds is 6. The number of benzene rings is 2. The Labute approximate surface area is 153 Å². The summed E-state index contributed by atoms with van der Waals surface area (Å²) in [6, 6.07) is 12.7. The van der Waals surface area contributed by atoms with Crippen molar-refractivity contribution in [3.63, 3.8) is 0 Å². The summed E-state index contributed by atoms with van der Waals surface area (Å²) in [5.41, 5.74) is 1.18. The quantitative estimate of drug-likeness (QED) is 0.773. The van der Waals surface area contributed by atoms with Gasteiger partial charge in [-0.05, 0) is 24.2 Å². The molecule has 3 rings (SSSR count). The Morgan fingerprint density at radius 2 is 1.92 bits per heavy atom. The minimum Gasteiger partial charge on any atom is -0.486 e. The molecule has 0 radical (unpaired) electrons. The molecule has 2 aromatic rings. The van der Waals surface area contributed by atoms with E-state index in [9.17, 15) is 12.8 Å². The zero-order valence-corrected chi connectivity index (χ0v) is 15.6. The van der Waals surface area contributed by atoms with Crippen molar-refractivity contribution in [1.29, 1.82) is 0 Å². The minimum atomic E-state index is -3.67. The summed E-state index contributed by atoms with van der Waals surface area (Å²) in [7, 11) is -3.67. The Balaban J connectivity index is 1.75. The first-order valence-corrected chi connectivity index (χ1v) is 10.4. The van der Waals surface area contributed by atoms with Gasteiger partial charge in [0.15, 0.2) is 27.2 Å². The lowest BCUT2D eigenvalue weighted by Crippen LogP contribution is -2.41. The molecular weight excluding hydrogens is 357 g/mol. The van der Waals surface area contributed by atoms with E-state index in [-0.39, 0.29) is 29.1 Å². The second kappa shape index (κ2) is 7.63. The van der Waals surface area contributed by atoms with Crippen LogP contribution >= 0.6 is 0 Å². The molecule has 0 bridgehead atoms. The zero-order valence-electron chi connectivity index (χ0n) is 14.8. The molecule has 0 spiro atoms. The predicted molar refractivity (Wildman–Crippen MR) is 96.8 cm³/mol. The maximum Gasteiger partial charge on any atom is 0.198 e. The summed E-state index contributed by atoms with van der Waals surface area (Å²) in [5.74, 6) is -0.780. The Morgan fingerprint density at radius 1 is 1.19 bits per heavy atom. The summed E-state index contributed by atoms with van der Waals surface area (Å²) < 4.78 is 49.4. The average Bonchev–Trinajstić information content (AvgIpc) is 2.61. The van der Waals surface area contributed by atoms with E-state index in [0.717, 1.165) is 19.3 Å². The number of hydrogen-bond acceptors (Lipinski definition) is 5. The van der Waals surface area contributed by atoms with E-state index in [1.54, 1.807) is 0 Å². The standard InChI is InChI=1S/C19H22FNO4S/c1-3-21(11-14-7-5-4-6-8-14)12-15-13-24-16-9-10-17(26(2,22)23)18(20)19(16)25-15/h4-10,15H,3,11-13H2,1-2H3/t15-/m0/s1. The molecule has 2 aromatic carbocycles. The number of halogens is 1. The van der Waals surface area contributed by atoms with Gasteiger partial charge in [0, 0.05) is 19.3 Å². The molecule has 0 saturated heterocycles. The van der Waals surface area contributed by atoms with E-state index >= 15 is 0 Å². The predicted octanol–water partition coefficient (Wildman–Crippen LogP) is 2.89. The van der Waals surface area contributed by atoms with Gasteiger partial charge in [0.1, 0.15) is 17.6 Å². The summed E-state index contributed by atoms with van der Waals surface area (Å²) >= 11 is 0. The van der Waals surface area contributed by atoms with Crippen LogP contribution in [-0.4, -0.2) is 45.4 Å². The highest BCUT2D eigenvalue weighted by Gasteiger charge is 2.29. The van der Waals surface area contributed by atoms with Crippen LogP contribution < -0.4 is 9.47 Å². The van der Waals surface area contributed by atoms with Crippen LogP contribution in [-0.2, 0) is 16.4 Å². The van der Waals surface area contributed by atoms with Crippen molar-refractivity contribution >= 4 is 9.84 Å². The van der Waals surface area contributed by atoms with Crippen molar-refractivity contribution in [2.45, 2.75) is 24.5 Å². The van der Waals surface area contributed by atoms with Crippen LogP contribution in [0.4, 0.5) is 4.39 Å². The first-order valence-electron chi connectivity index (χ1n) is 8.46. The molecule has 1 heterocycles. The van der Waals surface area contributed by atoms with Crippen LogP contribution in [0.1, 0.15) is 12.5 Å². The van der Waals surface area contributed by atoms with E-state index in [2.05, 4.69) is 4.90 Å². The Morgan fingerprint density at radius 3 is 2.58 bits per heavy atom. The first-order chi connectivity index (χ1) is 12.4. The molecule has 0 unspecified atom stereocenters. The number of ether oxygens (including phenoxy) is 2. The number of nitrogens with zero attached hydrogens (tertiary/aromatic N) is 1. The molecule has 0 saturated carbocycles. The Bertz CT molecular complexity index is 871. The van der Waals surface area contributed by atoms with Gasteiger partial charge in [-0.3, -0.25) is 4.90 Å². The normalized spacial score (nSPS) is 16.7. The van der Waals surface area contributed by atoms with Crippen LogP contribution in [0.15, 0.2) is 47.4 Å². The van der Waals surface area contributed by atoms with E-state index < -0.39 is 15.7 Å². The molecule has 26 heavy (non-hydrogen) atoms. The average molecular weight is 379 g/mol. The fraction of sp³-hybridized carbons (Fsp3) is 0.368. The molecule has 0 amide bonds. The number of sulfone groups is 1. The van der Waals surface area contributed by atoms with Crippen molar-refractivity contribution < 1.29 is 22.3 Å². The third-order valence-electron chi connectivity index (χ3n) is 4.29. The van der Waals surface area contributed by atoms with Gasteiger partial charge >= 0.3 is 0 Å². The highest BCUT2D eigenvalue weighted by atomic mass is 32.2. The lowest BCUT2D eigenvalue weighted by Gasteiger charge is -2.31. The molecule has 140 valence electrons. The molecular formula is C19H22FNO4S. The zero-order chi connectivity index (χ0) is 18.7. The van der Waals surface area contributed by atoms with Crippen LogP contribution in [0.5, 0.6) is 11.5 Å². The van der Waals surface area contributed by atoms with E-state index in [1.807, 2.05) is 37.3 Å². The summed E-state index contributed by atoms with van der Waals surface area (Å²) in [4.78, 5) is 1.80. The summed E-state index contributed by atoms with van der Waals surface area (Å²) in [5, 5.41) is 0. The molecule has 1 aliphatic heterocycles. The van der Waals surface area contributed by atoms with E-state index in [1.165, 1.54) is 17.7 Å². The molecule has 0 N–H and O–H groups in total. The van der Waals surface area contributed by atoms with Gasteiger partial charge in [-0.2, -0.15) is 0 Å². The molecule has 5 nitrogen and oxygen atoms in total. The van der Waals surface area contributed by atoms with E-state index in [4.69, 9.17) is 9.47 Å². The van der Waals surface area contributed by atoms with Crippen molar-refractivity contribution in [2.24, 2.45) is 0 Å². The van der Waals surface area contributed by atoms with Crippen molar-refractivity contribution in [3.05, 3.63) is 53.8 Å². The maximum atomic E-state index is 14.6. The maximum absolute atomic E-state index is 14.6. The fourth-order valence-electron chi connectivity index (χ4n) is 2.94. The van der Waals surface area contributed by atoms with Gasteiger partial charge in [0.2, 0.25) is 0 Å². The fourth-order valence-corrected chi connectivity index (χ4v) is 3.67. The molecule has 0 aromatic heterocycles. The minimum absolute atomic E-state index is 0.125. The first kappa shape index (κ1) is 18.7. The van der Waals surface area contributed by atoms with Crippen LogP contribution in [0.3, 0.4) is 0 Å². The number of fused-ring (bicyclic) bond motifs is 1. The summed E-state index contributed by atoms with van der Waals surface area (Å²) in [6.07, 6.45) is 0.591. The molecule has 7 heteroatoms. The number of hydrogen-bond donors (Lipinski definition) is 0. The van der Waals surface area contributed by atoms with E-state index in [0.29, 0.717) is 6.54 Å². The monoisotopic (exact) mass is 379 g/mol. The van der Waals surface area contributed by atoms with Gasteiger partial charge in [-0.15, -0.1) is 0 Å². The Hall–Kier alpha value is -2.12. The van der Waals surface area contributed by atoms with Crippen LogP contribution in [0.2, 0.25) is 0 Å². The van der Waals surface area contributed by atoms with Gasteiger partial charge in [-0.25, -0.2) is 12.8 Å². The van der Waals surface area contributed by atoms with Gasteiger partial charge < -0.3 is 9.47 Å². The van der Waals surface area contributed by atoms with Crippen molar-refractivity contribution in [1.82, 2.24) is 4.90 Å². The second-order valence-electron chi connectivity index (χ2n) is 6.34. The van der Waals surface area contributed by atoms with Crippen molar-refractivity contribution in [2.75, 3.05) is 26.0 Å². The van der Waals surface area contributed by atoms with Gasteiger partial charge in [0.05, 0.1) is 0 Å². The van der Waals surface area contributed by atoms with Gasteiger partial charge in [0.25, 0.3) is 0 Å².